The summed E-state index contributed by atoms with van der Waals surface area (Å²) in [6, 6.07) is 18.6. The number of rotatable bonds is 20. The van der Waals surface area contributed by atoms with Gasteiger partial charge in [0.15, 0.2) is 12.2 Å². The van der Waals surface area contributed by atoms with E-state index >= 15 is 0 Å². The Morgan fingerprint density at radius 3 is 2.13 bits per heavy atom. The molecule has 0 heterocycles. The van der Waals surface area contributed by atoms with Crippen LogP contribution in [0.1, 0.15) is 67.7 Å². The molecule has 2 atom stereocenters. The van der Waals surface area contributed by atoms with Crippen LogP contribution in [0.25, 0.3) is 10.8 Å². The number of carboxylic acids is 1. The molecule has 0 aliphatic heterocycles. The quantitative estimate of drug-likeness (QED) is 0.106. The monoisotopic (exact) mass is 621 g/mol. The molecule has 0 bridgehead atoms. The van der Waals surface area contributed by atoms with Crippen LogP contribution in [-0.4, -0.2) is 66.6 Å². The van der Waals surface area contributed by atoms with E-state index in [1.165, 1.54) is 16.3 Å². The van der Waals surface area contributed by atoms with Gasteiger partial charge in [-0.3, -0.25) is 4.79 Å². The van der Waals surface area contributed by atoms with Crippen molar-refractivity contribution in [2.75, 3.05) is 26.4 Å². The third-order valence-electron chi connectivity index (χ3n) is 7.68. The van der Waals surface area contributed by atoms with Crippen LogP contribution in [0.15, 0.2) is 54.6 Å². The second kappa shape index (κ2) is 18.8. The average Bonchev–Trinajstić information content (AvgIpc) is 3.01. The molecule has 0 radical (unpaired) electrons. The molecule has 3 rings (SSSR count). The number of aryl methyl sites for hydroxylation is 4. The average molecular weight is 622 g/mol. The molecule has 45 heavy (non-hydrogen) atoms. The van der Waals surface area contributed by atoms with Gasteiger partial charge in [0.1, 0.15) is 12.4 Å². The molecule has 0 spiro atoms. The number of aromatic hydroxyl groups is 1. The Morgan fingerprint density at radius 2 is 1.44 bits per heavy atom. The highest BCUT2D eigenvalue weighted by Gasteiger charge is 2.36. The molecule has 0 aliphatic carbocycles. The fraction of sp³-hybridized carbons (Fsp3) is 0.472. The number of phenols is 1. The van der Waals surface area contributed by atoms with E-state index < -0.39 is 36.7 Å². The van der Waals surface area contributed by atoms with E-state index in [0.717, 1.165) is 55.2 Å². The number of hydrogen-bond donors (Lipinski definition) is 3. The van der Waals surface area contributed by atoms with Gasteiger partial charge in [-0.2, -0.15) is 0 Å². The van der Waals surface area contributed by atoms with Gasteiger partial charge in [0.2, 0.25) is 0 Å². The van der Waals surface area contributed by atoms with Crippen molar-refractivity contribution in [3.8, 4) is 5.75 Å². The van der Waals surface area contributed by atoms with Crippen LogP contribution < -0.4 is 5.32 Å². The zero-order valence-electron chi connectivity index (χ0n) is 26.7. The number of unbranched alkanes of at least 4 members (excludes halogenated alkanes) is 4. The number of fused-ring (bicyclic) bond motifs is 1. The third-order valence-corrected chi connectivity index (χ3v) is 7.68. The van der Waals surface area contributed by atoms with Crippen molar-refractivity contribution in [1.29, 1.82) is 0 Å². The Morgan fingerprint density at radius 1 is 0.778 bits per heavy atom. The highest BCUT2D eigenvalue weighted by atomic mass is 16.6. The lowest BCUT2D eigenvalue weighted by Crippen LogP contribution is -2.49. The maximum atomic E-state index is 13.1. The van der Waals surface area contributed by atoms with Gasteiger partial charge in [-0.15, -0.1) is 0 Å². The number of ether oxygens (including phenoxy) is 3. The van der Waals surface area contributed by atoms with E-state index in [0.29, 0.717) is 25.1 Å². The van der Waals surface area contributed by atoms with Crippen LogP contribution in [0, 0.1) is 13.8 Å². The summed E-state index contributed by atoms with van der Waals surface area (Å²) in [5.41, 5.74) is 4.11. The van der Waals surface area contributed by atoms with Crippen LogP contribution in [0.5, 0.6) is 5.75 Å². The Balaban J connectivity index is 1.47. The third kappa shape index (κ3) is 11.8. The molecular weight excluding hydrogens is 574 g/mol. The van der Waals surface area contributed by atoms with Crippen LogP contribution in [0.4, 0.5) is 0 Å². The van der Waals surface area contributed by atoms with Crippen molar-refractivity contribution in [2.45, 2.75) is 84.3 Å². The second-order valence-electron chi connectivity index (χ2n) is 11.3. The first-order valence-corrected chi connectivity index (χ1v) is 15.9. The van der Waals surface area contributed by atoms with Crippen molar-refractivity contribution in [3.05, 3.63) is 76.9 Å². The normalized spacial score (nSPS) is 12.5. The lowest BCUT2D eigenvalue weighted by atomic mass is 10.0. The van der Waals surface area contributed by atoms with Gasteiger partial charge in [-0.25, -0.2) is 9.59 Å². The molecule has 9 nitrogen and oxygen atoms in total. The van der Waals surface area contributed by atoms with E-state index in [-0.39, 0.29) is 13.2 Å². The summed E-state index contributed by atoms with van der Waals surface area (Å²) in [4.78, 5) is 37.0. The van der Waals surface area contributed by atoms with Gasteiger partial charge in [-0.1, -0.05) is 67.4 Å². The Kier molecular flexibility index (Phi) is 14.8. The smallest absolute Gasteiger partial charge is 0.336 e. The number of nitrogens with one attached hydrogen (secondary N) is 1. The number of carbonyl (C=O) groups excluding carboxylic acids is 2. The number of hydrogen-bond acceptors (Lipinski definition) is 7. The minimum absolute atomic E-state index is 0.130. The first-order chi connectivity index (χ1) is 21.7. The molecule has 1 amide bonds. The van der Waals surface area contributed by atoms with Crippen LogP contribution in [0.3, 0.4) is 0 Å². The molecule has 3 aromatic carbocycles. The molecule has 0 aromatic heterocycles. The van der Waals surface area contributed by atoms with Crippen LogP contribution in [0.2, 0.25) is 0 Å². The first-order valence-electron chi connectivity index (χ1n) is 15.9. The number of phenolic OH excluding ortho intramolecular Hbond substituents is 1. The summed E-state index contributed by atoms with van der Waals surface area (Å²) in [7, 11) is 0. The summed E-state index contributed by atoms with van der Waals surface area (Å²) in [6.07, 6.45) is 3.53. The largest absolute Gasteiger partial charge is 0.507 e. The molecule has 9 heteroatoms. The van der Waals surface area contributed by atoms with Crippen molar-refractivity contribution in [1.82, 2.24) is 5.32 Å². The van der Waals surface area contributed by atoms with Gasteiger partial charge < -0.3 is 29.7 Å². The summed E-state index contributed by atoms with van der Waals surface area (Å²) in [5, 5.41) is 25.0. The number of amides is 1. The highest BCUT2D eigenvalue weighted by Crippen LogP contribution is 2.24. The maximum Gasteiger partial charge on any atom is 0.336 e. The zero-order chi connectivity index (χ0) is 32.6. The van der Waals surface area contributed by atoms with E-state index in [4.69, 9.17) is 14.2 Å². The van der Waals surface area contributed by atoms with E-state index in [9.17, 15) is 24.6 Å². The van der Waals surface area contributed by atoms with Gasteiger partial charge in [0.05, 0.1) is 6.61 Å². The molecule has 0 saturated heterocycles. The SMILES string of the molecule is CCOC(=O)COC(C(=O)O)C(OCCCCCc1ccc2ccccc2c1)C(=O)NCCCCCc1cc(C)c(O)c(C)c1. The Bertz CT molecular complexity index is 1380. The van der Waals surface area contributed by atoms with Crippen molar-refractivity contribution in [2.24, 2.45) is 0 Å². The number of carboxylic acid groups (broad SMARTS) is 1. The lowest BCUT2D eigenvalue weighted by Gasteiger charge is -2.23. The summed E-state index contributed by atoms with van der Waals surface area (Å²) in [6.45, 7) is 5.46. The van der Waals surface area contributed by atoms with E-state index in [1.807, 2.05) is 38.1 Å². The fourth-order valence-corrected chi connectivity index (χ4v) is 5.29. The van der Waals surface area contributed by atoms with Gasteiger partial charge >= 0.3 is 11.9 Å². The minimum Gasteiger partial charge on any atom is -0.507 e. The predicted octanol–water partition coefficient (Wildman–Crippen LogP) is 5.82. The standard InChI is InChI=1S/C36H47NO8/c1-4-43-31(38)24-45-34(36(41)42)33(35(40)37-19-11-5-7-14-28-21-25(2)32(39)26(3)22-28)44-20-12-6-8-13-27-17-18-29-15-9-10-16-30(29)23-27/h9-10,15-18,21-23,33-34,39H,4-8,11-14,19-20,24H2,1-3H3,(H,37,40)(H,41,42). The van der Waals surface area contributed by atoms with Gasteiger partial charge in [0.25, 0.3) is 5.91 Å². The number of benzene rings is 3. The molecule has 3 aromatic rings. The topological polar surface area (TPSA) is 131 Å². The summed E-state index contributed by atoms with van der Waals surface area (Å²) in [5.74, 6) is -2.37. The Hall–Kier alpha value is -3.95. The maximum absolute atomic E-state index is 13.1. The lowest BCUT2D eigenvalue weighted by molar-refractivity contribution is -0.174. The number of aliphatic carboxylic acids is 1. The molecule has 244 valence electrons. The molecule has 2 unspecified atom stereocenters. The summed E-state index contributed by atoms with van der Waals surface area (Å²) >= 11 is 0. The van der Waals surface area contributed by atoms with E-state index in [1.54, 1.807) is 6.92 Å². The van der Waals surface area contributed by atoms with Crippen molar-refractivity contribution in [3.63, 3.8) is 0 Å². The molecule has 0 aliphatic rings. The van der Waals surface area contributed by atoms with Crippen molar-refractivity contribution < 1.29 is 38.8 Å². The van der Waals surface area contributed by atoms with Gasteiger partial charge in [-0.05, 0) is 92.3 Å². The first kappa shape index (κ1) is 35.5. The number of esters is 1. The molecule has 3 N–H and O–H groups in total. The second-order valence-corrected chi connectivity index (χ2v) is 11.3. The van der Waals surface area contributed by atoms with Crippen LogP contribution in [-0.2, 0) is 41.4 Å². The minimum atomic E-state index is -1.66. The molecular formula is C36H47NO8. The Labute approximate surface area is 265 Å². The molecule has 0 saturated carbocycles. The van der Waals surface area contributed by atoms with Gasteiger partial charge in [0, 0.05) is 13.2 Å². The molecule has 0 fully saturated rings. The predicted molar refractivity (Wildman–Crippen MR) is 173 cm³/mol. The fourth-order valence-electron chi connectivity index (χ4n) is 5.29. The zero-order valence-corrected chi connectivity index (χ0v) is 26.7. The highest BCUT2D eigenvalue weighted by molar-refractivity contribution is 5.88. The van der Waals surface area contributed by atoms with Crippen LogP contribution >= 0.6 is 0 Å². The van der Waals surface area contributed by atoms with E-state index in [2.05, 4.69) is 35.6 Å². The summed E-state index contributed by atoms with van der Waals surface area (Å²) < 4.78 is 16.0. The van der Waals surface area contributed by atoms with Crippen molar-refractivity contribution >= 4 is 28.6 Å². The number of carbonyl (C=O) groups is 3.